The number of amides is 2. The Morgan fingerprint density at radius 2 is 1.54 bits per heavy atom. The molecule has 0 atom stereocenters. The normalized spacial score (nSPS) is 14.2. The third kappa shape index (κ3) is 4.29. The molecule has 0 aliphatic carbocycles. The smallest absolute Gasteiger partial charge is 0.260 e. The van der Waals surface area contributed by atoms with Gasteiger partial charge in [-0.25, -0.2) is 0 Å². The van der Waals surface area contributed by atoms with Gasteiger partial charge in [-0.2, -0.15) is 0 Å². The van der Waals surface area contributed by atoms with Gasteiger partial charge in [0.05, 0.1) is 15.6 Å². The molecule has 0 unspecified atom stereocenters. The van der Waals surface area contributed by atoms with E-state index >= 15 is 0 Å². The lowest BCUT2D eigenvalue weighted by molar-refractivity contribution is -0.134. The molecule has 0 saturated carbocycles. The molecular weight excluding hydrogens is 375 g/mol. The van der Waals surface area contributed by atoms with Crippen LogP contribution in [0.15, 0.2) is 48.5 Å². The van der Waals surface area contributed by atoms with Crippen molar-refractivity contribution in [2.45, 2.75) is 0 Å². The van der Waals surface area contributed by atoms with Crippen molar-refractivity contribution in [3.05, 3.63) is 64.1 Å². The van der Waals surface area contributed by atoms with E-state index in [9.17, 15) is 9.59 Å². The molecule has 1 aliphatic heterocycles. The van der Waals surface area contributed by atoms with Crippen molar-refractivity contribution in [2.75, 3.05) is 32.8 Å². The summed E-state index contributed by atoms with van der Waals surface area (Å²) in [7, 11) is 0. The first-order chi connectivity index (χ1) is 12.6. The van der Waals surface area contributed by atoms with Crippen molar-refractivity contribution in [1.29, 1.82) is 0 Å². The van der Waals surface area contributed by atoms with Crippen LogP contribution < -0.4 is 4.74 Å². The first kappa shape index (κ1) is 18.5. The van der Waals surface area contributed by atoms with Crippen LogP contribution in [0.5, 0.6) is 5.75 Å². The molecule has 0 bridgehead atoms. The molecule has 7 heteroatoms. The Morgan fingerprint density at radius 3 is 2.23 bits per heavy atom. The number of carbonyl (C=O) groups excluding carboxylic acids is 2. The molecule has 3 rings (SSSR count). The van der Waals surface area contributed by atoms with Gasteiger partial charge >= 0.3 is 0 Å². The van der Waals surface area contributed by atoms with Gasteiger partial charge in [0.2, 0.25) is 0 Å². The SMILES string of the molecule is O=C(COc1ccccc1)N1CCN(C(=O)c2cccc(Cl)c2Cl)CC1. The molecule has 1 saturated heterocycles. The molecule has 0 N–H and O–H groups in total. The monoisotopic (exact) mass is 392 g/mol. The van der Waals surface area contributed by atoms with E-state index in [2.05, 4.69) is 0 Å². The zero-order valence-electron chi connectivity index (χ0n) is 14.0. The van der Waals surface area contributed by atoms with Crippen molar-refractivity contribution >= 4 is 35.0 Å². The first-order valence-corrected chi connectivity index (χ1v) is 9.01. The fraction of sp³-hybridized carbons (Fsp3) is 0.263. The van der Waals surface area contributed by atoms with E-state index in [1.165, 1.54) is 0 Å². The second-order valence-corrected chi connectivity index (χ2v) is 6.66. The summed E-state index contributed by atoms with van der Waals surface area (Å²) in [6, 6.07) is 14.2. The van der Waals surface area contributed by atoms with Crippen molar-refractivity contribution in [3.63, 3.8) is 0 Å². The third-order valence-corrected chi connectivity index (χ3v) is 5.03. The number of rotatable bonds is 4. The summed E-state index contributed by atoms with van der Waals surface area (Å²) in [6.07, 6.45) is 0. The van der Waals surface area contributed by atoms with Crippen molar-refractivity contribution in [1.82, 2.24) is 9.80 Å². The Morgan fingerprint density at radius 1 is 0.885 bits per heavy atom. The van der Waals surface area contributed by atoms with Gasteiger partial charge in [-0.3, -0.25) is 9.59 Å². The molecule has 136 valence electrons. The molecule has 2 amide bonds. The standard InChI is InChI=1S/C19H18Cl2N2O3/c20-16-8-4-7-15(18(16)21)19(25)23-11-9-22(10-12-23)17(24)13-26-14-5-2-1-3-6-14/h1-8H,9-13H2. The Labute approximate surface area is 162 Å². The largest absolute Gasteiger partial charge is 0.484 e. The van der Waals surface area contributed by atoms with Gasteiger partial charge in [0, 0.05) is 26.2 Å². The van der Waals surface area contributed by atoms with Crippen LogP contribution >= 0.6 is 23.2 Å². The van der Waals surface area contributed by atoms with Gasteiger partial charge in [0.1, 0.15) is 5.75 Å². The highest BCUT2D eigenvalue weighted by molar-refractivity contribution is 6.43. The van der Waals surface area contributed by atoms with Crippen molar-refractivity contribution in [2.24, 2.45) is 0 Å². The van der Waals surface area contributed by atoms with Gasteiger partial charge in [0.25, 0.3) is 11.8 Å². The number of piperazine rings is 1. The maximum absolute atomic E-state index is 12.6. The quantitative estimate of drug-likeness (QED) is 0.801. The Balaban J connectivity index is 1.53. The van der Waals surface area contributed by atoms with E-state index in [-0.39, 0.29) is 23.4 Å². The zero-order valence-corrected chi connectivity index (χ0v) is 15.5. The van der Waals surface area contributed by atoms with Crippen LogP contribution in [0.3, 0.4) is 0 Å². The van der Waals surface area contributed by atoms with E-state index in [1.807, 2.05) is 18.2 Å². The average Bonchev–Trinajstić information content (AvgIpc) is 2.68. The van der Waals surface area contributed by atoms with Gasteiger partial charge in [-0.1, -0.05) is 47.5 Å². The van der Waals surface area contributed by atoms with E-state index in [0.29, 0.717) is 42.5 Å². The molecule has 0 spiro atoms. The van der Waals surface area contributed by atoms with Crippen LogP contribution in [-0.4, -0.2) is 54.4 Å². The molecule has 5 nitrogen and oxygen atoms in total. The van der Waals surface area contributed by atoms with E-state index in [1.54, 1.807) is 40.1 Å². The fourth-order valence-corrected chi connectivity index (χ4v) is 3.13. The summed E-state index contributed by atoms with van der Waals surface area (Å²) in [5.41, 5.74) is 0.381. The van der Waals surface area contributed by atoms with E-state index < -0.39 is 0 Å². The van der Waals surface area contributed by atoms with Crippen LogP contribution in [0.2, 0.25) is 10.0 Å². The molecule has 26 heavy (non-hydrogen) atoms. The Bertz CT molecular complexity index is 791. The van der Waals surface area contributed by atoms with E-state index in [4.69, 9.17) is 27.9 Å². The number of ether oxygens (including phenoxy) is 1. The lowest BCUT2D eigenvalue weighted by Gasteiger charge is -2.34. The molecule has 2 aromatic carbocycles. The predicted molar refractivity (Wildman–Crippen MR) is 101 cm³/mol. The van der Waals surface area contributed by atoms with Gasteiger partial charge in [-0.15, -0.1) is 0 Å². The number of hydrogen-bond acceptors (Lipinski definition) is 3. The van der Waals surface area contributed by atoms with Gasteiger partial charge < -0.3 is 14.5 Å². The summed E-state index contributed by atoms with van der Waals surface area (Å²) >= 11 is 12.1. The lowest BCUT2D eigenvalue weighted by atomic mass is 10.1. The van der Waals surface area contributed by atoms with Crippen LogP contribution in [0.4, 0.5) is 0 Å². The number of carbonyl (C=O) groups is 2. The third-order valence-electron chi connectivity index (χ3n) is 4.21. The first-order valence-electron chi connectivity index (χ1n) is 8.25. The van der Waals surface area contributed by atoms with Crippen LogP contribution in [0, 0.1) is 0 Å². The maximum Gasteiger partial charge on any atom is 0.260 e. The zero-order chi connectivity index (χ0) is 18.5. The minimum Gasteiger partial charge on any atom is -0.484 e. The molecule has 1 aliphatic rings. The van der Waals surface area contributed by atoms with Crippen LogP contribution in [0.25, 0.3) is 0 Å². The summed E-state index contributed by atoms with van der Waals surface area (Å²) in [4.78, 5) is 28.3. The number of halogens is 2. The van der Waals surface area contributed by atoms with Crippen LogP contribution in [0.1, 0.15) is 10.4 Å². The average molecular weight is 393 g/mol. The number of benzene rings is 2. The molecule has 0 aromatic heterocycles. The summed E-state index contributed by atoms with van der Waals surface area (Å²) < 4.78 is 5.49. The highest BCUT2D eigenvalue weighted by Gasteiger charge is 2.26. The number of hydrogen-bond donors (Lipinski definition) is 0. The predicted octanol–water partition coefficient (Wildman–Crippen LogP) is 3.36. The van der Waals surface area contributed by atoms with Crippen LogP contribution in [-0.2, 0) is 4.79 Å². The fourth-order valence-electron chi connectivity index (χ4n) is 2.75. The second-order valence-electron chi connectivity index (χ2n) is 5.88. The van der Waals surface area contributed by atoms with Crippen molar-refractivity contribution < 1.29 is 14.3 Å². The molecular formula is C19H18Cl2N2O3. The highest BCUT2D eigenvalue weighted by Crippen LogP contribution is 2.26. The molecule has 0 radical (unpaired) electrons. The molecule has 2 aromatic rings. The second kappa shape index (κ2) is 8.43. The minimum atomic E-state index is -0.176. The summed E-state index contributed by atoms with van der Waals surface area (Å²) in [6.45, 7) is 1.79. The van der Waals surface area contributed by atoms with Gasteiger partial charge in [0.15, 0.2) is 6.61 Å². The minimum absolute atomic E-state index is 0.0158. The summed E-state index contributed by atoms with van der Waals surface area (Å²) in [5.74, 6) is 0.386. The number of para-hydroxylation sites is 1. The molecule has 1 fully saturated rings. The number of nitrogens with zero attached hydrogens (tertiary/aromatic N) is 2. The van der Waals surface area contributed by atoms with E-state index in [0.717, 1.165) is 0 Å². The Hall–Kier alpha value is -2.24. The lowest BCUT2D eigenvalue weighted by Crippen LogP contribution is -2.51. The van der Waals surface area contributed by atoms with Gasteiger partial charge in [-0.05, 0) is 24.3 Å². The maximum atomic E-state index is 12.6. The highest BCUT2D eigenvalue weighted by atomic mass is 35.5. The topological polar surface area (TPSA) is 49.9 Å². The summed E-state index contributed by atoms with van der Waals surface area (Å²) in [5, 5.41) is 0.610. The van der Waals surface area contributed by atoms with Crippen molar-refractivity contribution in [3.8, 4) is 5.75 Å². The Kier molecular flexibility index (Phi) is 6.01. The molecule has 1 heterocycles.